The zero-order valence-corrected chi connectivity index (χ0v) is 11.8. The largest absolute Gasteiger partial charge is 0.329 e. The molecule has 96 valence electrons. The minimum atomic E-state index is 0.568. The topological polar surface area (TPSA) is 29.3 Å². The van der Waals surface area contributed by atoms with Crippen LogP contribution in [0.25, 0.3) is 0 Å². The molecule has 1 aliphatic rings. The minimum absolute atomic E-state index is 0.568. The fourth-order valence-electron chi connectivity index (χ4n) is 3.03. The highest BCUT2D eigenvalue weighted by Crippen LogP contribution is 2.28. The molecule has 0 fully saturated rings. The summed E-state index contributed by atoms with van der Waals surface area (Å²) in [6.07, 6.45) is 3.69. The van der Waals surface area contributed by atoms with Crippen molar-refractivity contribution in [1.29, 1.82) is 0 Å². The highest BCUT2D eigenvalue weighted by molar-refractivity contribution is 7.10. The van der Waals surface area contributed by atoms with E-state index in [-0.39, 0.29) is 0 Å². The maximum absolute atomic E-state index is 6.01. The lowest BCUT2D eigenvalue weighted by Crippen LogP contribution is -2.47. The molecule has 0 aromatic carbocycles. The van der Waals surface area contributed by atoms with Gasteiger partial charge in [0.2, 0.25) is 0 Å². The zero-order valence-electron chi connectivity index (χ0n) is 11.0. The number of nitrogens with zero attached hydrogens (tertiary/aromatic N) is 1. The molecule has 0 spiro atoms. The first kappa shape index (κ1) is 13.1. The van der Waals surface area contributed by atoms with Crippen LogP contribution in [-0.4, -0.2) is 24.0 Å². The predicted octanol–water partition coefficient (Wildman–Crippen LogP) is 2.87. The SMILES string of the molecule is CCC(CC)C(CN)N1CCc2sccc2C1. The van der Waals surface area contributed by atoms with Gasteiger partial charge in [-0.2, -0.15) is 0 Å². The Morgan fingerprint density at radius 2 is 2.18 bits per heavy atom. The van der Waals surface area contributed by atoms with Crippen LogP contribution in [0.3, 0.4) is 0 Å². The molecule has 1 atom stereocenters. The Hall–Kier alpha value is -0.380. The summed E-state index contributed by atoms with van der Waals surface area (Å²) in [6.45, 7) is 7.67. The first-order valence-corrected chi connectivity index (χ1v) is 7.67. The first-order chi connectivity index (χ1) is 8.30. The van der Waals surface area contributed by atoms with Gasteiger partial charge >= 0.3 is 0 Å². The third-order valence-electron chi connectivity index (χ3n) is 4.14. The van der Waals surface area contributed by atoms with Crippen LogP contribution in [0.1, 0.15) is 37.1 Å². The van der Waals surface area contributed by atoms with Crippen molar-refractivity contribution in [3.63, 3.8) is 0 Å². The van der Waals surface area contributed by atoms with Gasteiger partial charge in [-0.05, 0) is 29.3 Å². The standard InChI is InChI=1S/C14H24N2S/c1-3-11(4-2)13(9-15)16-7-5-14-12(10-16)6-8-17-14/h6,8,11,13H,3-5,7,9-10,15H2,1-2H3. The van der Waals surface area contributed by atoms with Crippen LogP contribution in [0.2, 0.25) is 0 Å². The Kier molecular flexibility index (Phi) is 4.60. The van der Waals surface area contributed by atoms with E-state index in [1.54, 1.807) is 4.88 Å². The van der Waals surface area contributed by atoms with Crippen LogP contribution >= 0.6 is 11.3 Å². The van der Waals surface area contributed by atoms with Gasteiger partial charge in [0, 0.05) is 30.6 Å². The maximum atomic E-state index is 6.01. The molecule has 0 bridgehead atoms. The van der Waals surface area contributed by atoms with Crippen LogP contribution in [-0.2, 0) is 13.0 Å². The van der Waals surface area contributed by atoms with E-state index in [1.807, 2.05) is 11.3 Å². The molecule has 0 saturated carbocycles. The number of fused-ring (bicyclic) bond motifs is 1. The average molecular weight is 252 g/mol. The Labute approximate surface area is 109 Å². The maximum Gasteiger partial charge on any atom is 0.0250 e. The van der Waals surface area contributed by atoms with Gasteiger partial charge in [0.25, 0.3) is 0 Å². The summed E-state index contributed by atoms with van der Waals surface area (Å²) in [7, 11) is 0. The van der Waals surface area contributed by atoms with Gasteiger partial charge in [-0.15, -0.1) is 11.3 Å². The van der Waals surface area contributed by atoms with E-state index in [4.69, 9.17) is 5.73 Å². The zero-order chi connectivity index (χ0) is 12.3. The van der Waals surface area contributed by atoms with Crippen molar-refractivity contribution in [2.75, 3.05) is 13.1 Å². The van der Waals surface area contributed by atoms with Gasteiger partial charge in [0.05, 0.1) is 0 Å². The third kappa shape index (κ3) is 2.72. The molecule has 1 aromatic rings. The summed E-state index contributed by atoms with van der Waals surface area (Å²) < 4.78 is 0. The van der Waals surface area contributed by atoms with Gasteiger partial charge in [0.15, 0.2) is 0 Å². The summed E-state index contributed by atoms with van der Waals surface area (Å²) in [4.78, 5) is 4.19. The number of nitrogens with two attached hydrogens (primary N) is 1. The molecular weight excluding hydrogens is 228 g/mol. The summed E-state index contributed by atoms with van der Waals surface area (Å²) in [5.74, 6) is 0.750. The fraction of sp³-hybridized carbons (Fsp3) is 0.714. The van der Waals surface area contributed by atoms with Crippen molar-refractivity contribution in [3.05, 3.63) is 21.9 Å². The first-order valence-electron chi connectivity index (χ1n) is 6.79. The van der Waals surface area contributed by atoms with Crippen molar-refractivity contribution >= 4 is 11.3 Å². The molecule has 1 aliphatic heterocycles. The normalized spacial score (nSPS) is 18.4. The van der Waals surface area contributed by atoms with Crippen molar-refractivity contribution in [2.45, 2.75) is 45.7 Å². The molecule has 1 unspecified atom stereocenters. The summed E-state index contributed by atoms with van der Waals surface area (Å²) in [5, 5.41) is 2.22. The minimum Gasteiger partial charge on any atom is -0.329 e. The Morgan fingerprint density at radius 3 is 2.82 bits per heavy atom. The second-order valence-electron chi connectivity index (χ2n) is 4.97. The summed E-state index contributed by atoms with van der Waals surface area (Å²) in [6, 6.07) is 2.85. The fourth-order valence-corrected chi connectivity index (χ4v) is 3.92. The molecular formula is C14H24N2S. The van der Waals surface area contributed by atoms with Gasteiger partial charge in [-0.3, -0.25) is 4.90 Å². The number of hydrogen-bond acceptors (Lipinski definition) is 3. The van der Waals surface area contributed by atoms with Crippen molar-refractivity contribution in [3.8, 4) is 0 Å². The highest BCUT2D eigenvalue weighted by atomic mass is 32.1. The van der Waals surface area contributed by atoms with Gasteiger partial charge < -0.3 is 5.73 Å². The molecule has 2 rings (SSSR count). The van der Waals surface area contributed by atoms with Gasteiger partial charge in [0.1, 0.15) is 0 Å². The molecule has 17 heavy (non-hydrogen) atoms. The van der Waals surface area contributed by atoms with E-state index in [9.17, 15) is 0 Å². The molecule has 0 saturated heterocycles. The second-order valence-corrected chi connectivity index (χ2v) is 5.97. The molecule has 0 radical (unpaired) electrons. The number of rotatable bonds is 5. The summed E-state index contributed by atoms with van der Waals surface area (Å²) >= 11 is 1.91. The van der Waals surface area contributed by atoms with Gasteiger partial charge in [-0.25, -0.2) is 0 Å². The number of thiophene rings is 1. The lowest BCUT2D eigenvalue weighted by atomic mass is 9.91. The molecule has 1 aromatic heterocycles. The lowest BCUT2D eigenvalue weighted by Gasteiger charge is -2.38. The lowest BCUT2D eigenvalue weighted by molar-refractivity contribution is 0.126. The molecule has 2 nitrogen and oxygen atoms in total. The van der Waals surface area contributed by atoms with Crippen molar-refractivity contribution in [1.82, 2.24) is 4.90 Å². The van der Waals surface area contributed by atoms with E-state index in [2.05, 4.69) is 30.2 Å². The Morgan fingerprint density at radius 1 is 1.41 bits per heavy atom. The molecule has 0 aliphatic carbocycles. The van der Waals surface area contributed by atoms with E-state index in [1.165, 1.54) is 31.4 Å². The average Bonchev–Trinajstić information content (AvgIpc) is 2.82. The smallest absolute Gasteiger partial charge is 0.0250 e. The second kappa shape index (κ2) is 5.98. The molecule has 2 heterocycles. The van der Waals surface area contributed by atoms with Gasteiger partial charge in [-0.1, -0.05) is 26.7 Å². The van der Waals surface area contributed by atoms with Crippen LogP contribution < -0.4 is 5.73 Å². The molecule has 2 N–H and O–H groups in total. The van der Waals surface area contributed by atoms with Crippen LogP contribution in [0, 0.1) is 5.92 Å². The highest BCUT2D eigenvalue weighted by Gasteiger charge is 2.27. The Bertz CT molecular complexity index is 344. The molecule has 3 heteroatoms. The Balaban J connectivity index is 2.07. The predicted molar refractivity (Wildman–Crippen MR) is 75.3 cm³/mol. The van der Waals surface area contributed by atoms with Crippen LogP contribution in [0.4, 0.5) is 0 Å². The summed E-state index contributed by atoms with van der Waals surface area (Å²) in [5.41, 5.74) is 7.54. The van der Waals surface area contributed by atoms with Crippen molar-refractivity contribution in [2.24, 2.45) is 11.7 Å². The van der Waals surface area contributed by atoms with E-state index >= 15 is 0 Å². The van der Waals surface area contributed by atoms with E-state index < -0.39 is 0 Å². The van der Waals surface area contributed by atoms with E-state index in [0.29, 0.717) is 6.04 Å². The van der Waals surface area contributed by atoms with Crippen LogP contribution in [0.15, 0.2) is 11.4 Å². The monoisotopic (exact) mass is 252 g/mol. The van der Waals surface area contributed by atoms with E-state index in [0.717, 1.165) is 19.0 Å². The number of hydrogen-bond donors (Lipinski definition) is 1. The third-order valence-corrected chi connectivity index (χ3v) is 5.16. The van der Waals surface area contributed by atoms with Crippen molar-refractivity contribution < 1.29 is 0 Å². The quantitative estimate of drug-likeness (QED) is 0.873. The molecule has 0 amide bonds. The van der Waals surface area contributed by atoms with Crippen LogP contribution in [0.5, 0.6) is 0 Å².